The Morgan fingerprint density at radius 3 is 2.57 bits per heavy atom. The van der Waals surface area contributed by atoms with Crippen molar-refractivity contribution in [3.63, 3.8) is 0 Å². The minimum absolute atomic E-state index is 0.0508. The second kappa shape index (κ2) is 6.45. The summed E-state index contributed by atoms with van der Waals surface area (Å²) >= 11 is 0. The number of benzene rings is 1. The molecule has 2 N–H and O–H groups in total. The SMILES string of the molecule is O=C(c1cn[nH]c1-c1c(F)cccc1F)N1CCC(CO)CC1. The normalized spacial score (nSPS) is 15.9. The first kappa shape index (κ1) is 15.6. The highest BCUT2D eigenvalue weighted by Crippen LogP contribution is 2.28. The lowest BCUT2D eigenvalue weighted by molar-refractivity contribution is 0.0651. The molecule has 7 heteroatoms. The molecular weight excluding hydrogens is 304 g/mol. The maximum atomic E-state index is 14.0. The Morgan fingerprint density at radius 2 is 1.96 bits per heavy atom. The van der Waals surface area contributed by atoms with Crippen LogP contribution in [0.4, 0.5) is 8.78 Å². The lowest BCUT2D eigenvalue weighted by Gasteiger charge is -2.31. The number of hydrogen-bond donors (Lipinski definition) is 2. The van der Waals surface area contributed by atoms with Gasteiger partial charge in [-0.25, -0.2) is 8.78 Å². The number of H-pyrrole nitrogens is 1. The summed E-state index contributed by atoms with van der Waals surface area (Å²) in [7, 11) is 0. The van der Waals surface area contributed by atoms with Crippen LogP contribution in [0.1, 0.15) is 23.2 Å². The van der Waals surface area contributed by atoms with E-state index in [9.17, 15) is 13.6 Å². The van der Waals surface area contributed by atoms with Crippen molar-refractivity contribution in [1.29, 1.82) is 0 Å². The Hall–Kier alpha value is -2.28. The van der Waals surface area contributed by atoms with E-state index in [2.05, 4.69) is 10.2 Å². The van der Waals surface area contributed by atoms with Crippen LogP contribution in [0.2, 0.25) is 0 Å². The fourth-order valence-corrected chi connectivity index (χ4v) is 2.86. The van der Waals surface area contributed by atoms with Gasteiger partial charge in [-0.15, -0.1) is 0 Å². The molecule has 0 unspecified atom stereocenters. The molecule has 0 spiro atoms. The maximum Gasteiger partial charge on any atom is 0.257 e. The first-order chi connectivity index (χ1) is 11.1. The molecular formula is C16H17F2N3O2. The van der Waals surface area contributed by atoms with E-state index in [4.69, 9.17) is 5.11 Å². The van der Waals surface area contributed by atoms with Crippen LogP contribution in [0.15, 0.2) is 24.4 Å². The molecule has 0 radical (unpaired) electrons. The van der Waals surface area contributed by atoms with Crippen molar-refractivity contribution in [3.05, 3.63) is 41.6 Å². The van der Waals surface area contributed by atoms with Gasteiger partial charge in [0.1, 0.15) is 11.6 Å². The van der Waals surface area contributed by atoms with Crippen molar-refractivity contribution >= 4 is 5.91 Å². The molecule has 1 aromatic heterocycles. The lowest BCUT2D eigenvalue weighted by Crippen LogP contribution is -2.39. The number of carbonyl (C=O) groups excluding carboxylic acids is 1. The monoisotopic (exact) mass is 321 g/mol. The second-order valence-corrected chi connectivity index (χ2v) is 5.67. The van der Waals surface area contributed by atoms with E-state index in [1.807, 2.05) is 0 Å². The predicted octanol–water partition coefficient (Wildman–Crippen LogP) is 2.20. The molecule has 1 aliphatic rings. The van der Waals surface area contributed by atoms with Crippen LogP contribution >= 0.6 is 0 Å². The molecule has 1 aliphatic heterocycles. The molecule has 0 bridgehead atoms. The zero-order valence-corrected chi connectivity index (χ0v) is 12.4. The minimum atomic E-state index is -0.748. The van der Waals surface area contributed by atoms with Gasteiger partial charge in [-0.05, 0) is 30.9 Å². The van der Waals surface area contributed by atoms with Gasteiger partial charge in [0.25, 0.3) is 5.91 Å². The first-order valence-corrected chi connectivity index (χ1v) is 7.49. The van der Waals surface area contributed by atoms with Crippen LogP contribution in [0, 0.1) is 17.6 Å². The van der Waals surface area contributed by atoms with E-state index in [0.717, 1.165) is 12.1 Å². The number of aliphatic hydroxyl groups is 1. The molecule has 2 heterocycles. The van der Waals surface area contributed by atoms with E-state index < -0.39 is 11.6 Å². The van der Waals surface area contributed by atoms with Crippen molar-refractivity contribution in [2.24, 2.45) is 5.92 Å². The van der Waals surface area contributed by atoms with Crippen LogP contribution in [-0.2, 0) is 0 Å². The number of halogens is 2. The van der Waals surface area contributed by atoms with Crippen LogP contribution < -0.4 is 0 Å². The third-order valence-electron chi connectivity index (χ3n) is 4.24. The predicted molar refractivity (Wildman–Crippen MR) is 79.7 cm³/mol. The summed E-state index contributed by atoms with van der Waals surface area (Å²) in [6.07, 6.45) is 2.72. The molecule has 0 saturated carbocycles. The number of hydrogen-bond acceptors (Lipinski definition) is 3. The Bertz CT molecular complexity index is 689. The smallest absolute Gasteiger partial charge is 0.257 e. The molecule has 1 saturated heterocycles. The van der Waals surface area contributed by atoms with E-state index in [1.54, 1.807) is 4.90 Å². The molecule has 0 atom stereocenters. The molecule has 3 rings (SSSR count). The van der Waals surface area contributed by atoms with Crippen molar-refractivity contribution in [3.8, 4) is 11.3 Å². The summed E-state index contributed by atoms with van der Waals surface area (Å²) in [6, 6.07) is 3.55. The number of rotatable bonds is 3. The Kier molecular flexibility index (Phi) is 4.38. The summed E-state index contributed by atoms with van der Waals surface area (Å²) < 4.78 is 27.9. The number of aliphatic hydroxyl groups excluding tert-OH is 1. The largest absolute Gasteiger partial charge is 0.396 e. The molecule has 1 amide bonds. The number of piperidine rings is 1. The van der Waals surface area contributed by atoms with Crippen molar-refractivity contribution in [1.82, 2.24) is 15.1 Å². The quantitative estimate of drug-likeness (QED) is 0.910. The molecule has 1 fully saturated rings. The summed E-state index contributed by atoms with van der Waals surface area (Å²) in [5.74, 6) is -1.61. The zero-order chi connectivity index (χ0) is 16.4. The van der Waals surface area contributed by atoms with E-state index in [1.165, 1.54) is 12.3 Å². The molecule has 2 aromatic rings. The van der Waals surface area contributed by atoms with Gasteiger partial charge < -0.3 is 10.0 Å². The van der Waals surface area contributed by atoms with Gasteiger partial charge in [0, 0.05) is 19.7 Å². The number of amides is 1. The van der Waals surface area contributed by atoms with Crippen LogP contribution in [-0.4, -0.2) is 45.8 Å². The van der Waals surface area contributed by atoms with Gasteiger partial charge in [-0.1, -0.05) is 6.07 Å². The van der Waals surface area contributed by atoms with Gasteiger partial charge in [-0.3, -0.25) is 9.89 Å². The Labute approximate surface area is 131 Å². The standard InChI is InChI=1S/C16H17F2N3O2/c17-12-2-1-3-13(18)14(12)15-11(8-19-20-15)16(23)21-6-4-10(9-22)5-7-21/h1-3,8,10,22H,4-7,9H2,(H,19,20). The maximum absolute atomic E-state index is 14.0. The van der Waals surface area contributed by atoms with E-state index in [-0.39, 0.29) is 35.3 Å². The fourth-order valence-electron chi connectivity index (χ4n) is 2.86. The Balaban J connectivity index is 1.88. The van der Waals surface area contributed by atoms with Crippen LogP contribution in [0.5, 0.6) is 0 Å². The molecule has 5 nitrogen and oxygen atoms in total. The van der Waals surface area contributed by atoms with Crippen molar-refractivity contribution in [2.75, 3.05) is 19.7 Å². The zero-order valence-electron chi connectivity index (χ0n) is 12.4. The van der Waals surface area contributed by atoms with Gasteiger partial charge >= 0.3 is 0 Å². The number of nitrogens with zero attached hydrogens (tertiary/aromatic N) is 2. The van der Waals surface area contributed by atoms with Gasteiger partial charge in [0.05, 0.1) is 23.0 Å². The average Bonchev–Trinajstić information content (AvgIpc) is 3.03. The number of carbonyl (C=O) groups is 1. The summed E-state index contributed by atoms with van der Waals surface area (Å²) in [6.45, 7) is 1.13. The first-order valence-electron chi connectivity index (χ1n) is 7.49. The molecule has 23 heavy (non-hydrogen) atoms. The second-order valence-electron chi connectivity index (χ2n) is 5.67. The molecule has 0 aliphatic carbocycles. The highest BCUT2D eigenvalue weighted by molar-refractivity contribution is 5.99. The average molecular weight is 321 g/mol. The van der Waals surface area contributed by atoms with Crippen LogP contribution in [0.25, 0.3) is 11.3 Å². The highest BCUT2D eigenvalue weighted by Gasteiger charge is 2.27. The van der Waals surface area contributed by atoms with E-state index >= 15 is 0 Å². The summed E-state index contributed by atoms with van der Waals surface area (Å²) in [4.78, 5) is 14.3. The van der Waals surface area contributed by atoms with Crippen LogP contribution in [0.3, 0.4) is 0 Å². The topological polar surface area (TPSA) is 69.2 Å². The number of likely N-dealkylation sites (tertiary alicyclic amines) is 1. The highest BCUT2D eigenvalue weighted by atomic mass is 19.1. The van der Waals surface area contributed by atoms with Crippen molar-refractivity contribution < 1.29 is 18.7 Å². The summed E-state index contributed by atoms with van der Waals surface area (Å²) in [5, 5.41) is 15.5. The number of aromatic nitrogens is 2. The fraction of sp³-hybridized carbons (Fsp3) is 0.375. The number of nitrogens with one attached hydrogen (secondary N) is 1. The van der Waals surface area contributed by atoms with Gasteiger partial charge in [0.15, 0.2) is 0 Å². The number of aromatic amines is 1. The van der Waals surface area contributed by atoms with Crippen molar-refractivity contribution in [2.45, 2.75) is 12.8 Å². The molecule has 1 aromatic carbocycles. The lowest BCUT2D eigenvalue weighted by atomic mass is 9.97. The third-order valence-corrected chi connectivity index (χ3v) is 4.24. The van der Waals surface area contributed by atoms with Gasteiger partial charge in [-0.2, -0.15) is 5.10 Å². The van der Waals surface area contributed by atoms with Gasteiger partial charge in [0.2, 0.25) is 0 Å². The molecule has 122 valence electrons. The Morgan fingerprint density at radius 1 is 1.30 bits per heavy atom. The minimum Gasteiger partial charge on any atom is -0.396 e. The third kappa shape index (κ3) is 2.96. The van der Waals surface area contributed by atoms with E-state index in [0.29, 0.717) is 25.9 Å². The summed E-state index contributed by atoms with van der Waals surface area (Å²) in [5.41, 5.74) is -0.0788.